The van der Waals surface area contributed by atoms with Gasteiger partial charge in [-0.1, -0.05) is 0 Å². The molecule has 21 heavy (non-hydrogen) atoms. The molecule has 1 aromatic heterocycles. The molecular weight excluding hydrogens is 286 g/mol. The van der Waals surface area contributed by atoms with Crippen LogP contribution in [0.15, 0.2) is 0 Å². The molecule has 6 heteroatoms. The van der Waals surface area contributed by atoms with Crippen LogP contribution in [0.25, 0.3) is 0 Å². The molecule has 0 unspecified atom stereocenters. The summed E-state index contributed by atoms with van der Waals surface area (Å²) in [7, 11) is 3.57. The van der Waals surface area contributed by atoms with E-state index in [2.05, 4.69) is 4.98 Å². The van der Waals surface area contributed by atoms with Crippen LogP contribution in [-0.4, -0.2) is 53.8 Å². The molecular formula is C15H23N3O2S. The first-order valence-electron chi connectivity index (χ1n) is 7.32. The molecule has 0 spiro atoms. The van der Waals surface area contributed by atoms with Gasteiger partial charge in [0.05, 0.1) is 5.01 Å². The molecule has 2 rings (SSSR count). The molecule has 0 atom stereocenters. The number of aryl methyl sites for hydroxylation is 2. The Morgan fingerprint density at radius 3 is 2.38 bits per heavy atom. The monoisotopic (exact) mass is 309 g/mol. The van der Waals surface area contributed by atoms with E-state index in [0.717, 1.165) is 35.8 Å². The van der Waals surface area contributed by atoms with Gasteiger partial charge in [0, 0.05) is 38.5 Å². The zero-order chi connectivity index (χ0) is 15.6. The minimum atomic E-state index is 0.0363. The third kappa shape index (κ3) is 3.81. The number of carbonyl (C=O) groups excluding carboxylic acids is 2. The Labute approximate surface area is 130 Å². The molecule has 1 aromatic rings. The Morgan fingerprint density at radius 2 is 1.90 bits per heavy atom. The molecule has 116 valence electrons. The zero-order valence-corrected chi connectivity index (χ0v) is 14.0. The second-order valence-electron chi connectivity index (χ2n) is 5.87. The van der Waals surface area contributed by atoms with Crippen molar-refractivity contribution in [3.05, 3.63) is 15.6 Å². The molecule has 5 nitrogen and oxygen atoms in total. The van der Waals surface area contributed by atoms with Crippen molar-refractivity contribution in [2.75, 3.05) is 27.2 Å². The molecule has 1 aliphatic heterocycles. The largest absolute Gasteiger partial charge is 0.349 e. The van der Waals surface area contributed by atoms with Crippen LogP contribution in [-0.2, 0) is 4.79 Å². The van der Waals surface area contributed by atoms with Gasteiger partial charge in [-0.2, -0.15) is 0 Å². The maximum absolute atomic E-state index is 12.5. The Kier molecular flexibility index (Phi) is 4.98. The van der Waals surface area contributed by atoms with Crippen molar-refractivity contribution >= 4 is 23.2 Å². The molecule has 1 aliphatic rings. The van der Waals surface area contributed by atoms with Gasteiger partial charge in [-0.15, -0.1) is 11.3 Å². The number of hydrogen-bond donors (Lipinski definition) is 0. The minimum Gasteiger partial charge on any atom is -0.349 e. The lowest BCUT2D eigenvalue weighted by Crippen LogP contribution is -2.40. The summed E-state index contributed by atoms with van der Waals surface area (Å²) in [5, 5.41) is 0.933. The number of amides is 2. The summed E-state index contributed by atoms with van der Waals surface area (Å²) in [6, 6.07) is 0. The molecule has 1 saturated heterocycles. The van der Waals surface area contributed by atoms with Gasteiger partial charge in [0.2, 0.25) is 5.91 Å². The van der Waals surface area contributed by atoms with Crippen molar-refractivity contribution < 1.29 is 9.59 Å². The second-order valence-corrected chi connectivity index (χ2v) is 7.27. The van der Waals surface area contributed by atoms with Gasteiger partial charge in [-0.25, -0.2) is 4.98 Å². The summed E-state index contributed by atoms with van der Waals surface area (Å²) in [5.74, 6) is 0.599. The lowest BCUT2D eigenvalue weighted by atomic mass is 9.93. The number of carbonyl (C=O) groups is 2. The van der Waals surface area contributed by atoms with Crippen molar-refractivity contribution in [1.82, 2.24) is 14.8 Å². The molecule has 2 heterocycles. The highest BCUT2D eigenvalue weighted by Gasteiger charge is 2.27. The average Bonchev–Trinajstić information content (AvgIpc) is 2.77. The summed E-state index contributed by atoms with van der Waals surface area (Å²) in [4.78, 5) is 33.0. The van der Waals surface area contributed by atoms with E-state index in [1.165, 1.54) is 0 Å². The SMILES string of the molecule is Cc1nc(C(=O)N2CCC(CC(=O)N(C)C)CC2)c(C)s1. The van der Waals surface area contributed by atoms with E-state index >= 15 is 0 Å². The fourth-order valence-corrected chi connectivity index (χ4v) is 3.46. The Hall–Kier alpha value is -1.43. The topological polar surface area (TPSA) is 53.5 Å². The van der Waals surface area contributed by atoms with E-state index in [1.54, 1.807) is 30.3 Å². The van der Waals surface area contributed by atoms with Gasteiger partial charge in [-0.05, 0) is 32.6 Å². The summed E-state index contributed by atoms with van der Waals surface area (Å²) in [6.07, 6.45) is 2.38. The predicted molar refractivity (Wildman–Crippen MR) is 83.5 cm³/mol. The van der Waals surface area contributed by atoms with Gasteiger partial charge >= 0.3 is 0 Å². The van der Waals surface area contributed by atoms with Gasteiger partial charge in [-0.3, -0.25) is 9.59 Å². The van der Waals surface area contributed by atoms with Crippen molar-refractivity contribution in [2.24, 2.45) is 5.92 Å². The van der Waals surface area contributed by atoms with Crippen molar-refractivity contribution in [3.8, 4) is 0 Å². The molecule has 0 radical (unpaired) electrons. The van der Waals surface area contributed by atoms with E-state index < -0.39 is 0 Å². The number of hydrogen-bond acceptors (Lipinski definition) is 4. The Bertz CT molecular complexity index is 531. The molecule has 0 saturated carbocycles. The summed E-state index contributed by atoms with van der Waals surface area (Å²) in [5.41, 5.74) is 0.598. The third-order valence-electron chi connectivity index (χ3n) is 3.97. The summed E-state index contributed by atoms with van der Waals surface area (Å²) in [6.45, 7) is 5.31. The van der Waals surface area contributed by atoms with E-state index in [0.29, 0.717) is 18.0 Å². The fraction of sp³-hybridized carbons (Fsp3) is 0.667. The first kappa shape index (κ1) is 15.9. The van der Waals surface area contributed by atoms with Crippen LogP contribution in [0.2, 0.25) is 0 Å². The fourth-order valence-electron chi connectivity index (χ4n) is 2.65. The van der Waals surface area contributed by atoms with Crippen LogP contribution in [0, 0.1) is 19.8 Å². The minimum absolute atomic E-state index is 0.0363. The summed E-state index contributed by atoms with van der Waals surface area (Å²) < 4.78 is 0. The lowest BCUT2D eigenvalue weighted by Gasteiger charge is -2.31. The quantitative estimate of drug-likeness (QED) is 0.859. The van der Waals surface area contributed by atoms with E-state index in [9.17, 15) is 9.59 Å². The maximum atomic E-state index is 12.5. The first-order valence-corrected chi connectivity index (χ1v) is 8.13. The van der Waals surface area contributed by atoms with Crippen LogP contribution in [0.4, 0.5) is 0 Å². The van der Waals surface area contributed by atoms with Crippen LogP contribution in [0.5, 0.6) is 0 Å². The highest BCUT2D eigenvalue weighted by atomic mass is 32.1. The maximum Gasteiger partial charge on any atom is 0.273 e. The smallest absolute Gasteiger partial charge is 0.273 e. The van der Waals surface area contributed by atoms with Crippen LogP contribution in [0.1, 0.15) is 39.6 Å². The van der Waals surface area contributed by atoms with Crippen molar-refractivity contribution in [1.29, 1.82) is 0 Å². The molecule has 0 bridgehead atoms. The Morgan fingerprint density at radius 1 is 1.29 bits per heavy atom. The molecule has 0 N–H and O–H groups in total. The van der Waals surface area contributed by atoms with Gasteiger partial charge < -0.3 is 9.80 Å². The number of piperidine rings is 1. The number of thiazole rings is 1. The molecule has 0 aliphatic carbocycles. The van der Waals surface area contributed by atoms with Gasteiger partial charge in [0.15, 0.2) is 0 Å². The van der Waals surface area contributed by atoms with Gasteiger partial charge in [0.25, 0.3) is 5.91 Å². The number of nitrogens with zero attached hydrogens (tertiary/aromatic N) is 3. The standard InChI is InChI=1S/C15H23N3O2S/c1-10-14(16-11(2)21-10)15(20)18-7-5-12(6-8-18)9-13(19)17(3)4/h12H,5-9H2,1-4H3. The average molecular weight is 309 g/mol. The van der Waals surface area contributed by atoms with E-state index in [-0.39, 0.29) is 11.8 Å². The first-order chi connectivity index (χ1) is 9.88. The highest BCUT2D eigenvalue weighted by molar-refractivity contribution is 7.11. The van der Waals surface area contributed by atoms with Gasteiger partial charge in [0.1, 0.15) is 5.69 Å². The van der Waals surface area contributed by atoms with Crippen LogP contribution in [0.3, 0.4) is 0 Å². The Balaban J connectivity index is 1.90. The normalized spacial score (nSPS) is 16.1. The summed E-state index contributed by atoms with van der Waals surface area (Å²) >= 11 is 1.56. The van der Waals surface area contributed by atoms with Crippen molar-refractivity contribution in [3.63, 3.8) is 0 Å². The zero-order valence-electron chi connectivity index (χ0n) is 13.2. The van der Waals surface area contributed by atoms with E-state index in [1.807, 2.05) is 18.7 Å². The van der Waals surface area contributed by atoms with E-state index in [4.69, 9.17) is 0 Å². The van der Waals surface area contributed by atoms with Crippen LogP contribution < -0.4 is 0 Å². The number of likely N-dealkylation sites (tertiary alicyclic amines) is 1. The molecule has 2 amide bonds. The number of aromatic nitrogens is 1. The second kappa shape index (κ2) is 6.56. The lowest BCUT2D eigenvalue weighted by molar-refractivity contribution is -0.129. The van der Waals surface area contributed by atoms with Crippen molar-refractivity contribution in [2.45, 2.75) is 33.1 Å². The third-order valence-corrected chi connectivity index (χ3v) is 4.86. The highest BCUT2D eigenvalue weighted by Crippen LogP contribution is 2.24. The number of rotatable bonds is 3. The van der Waals surface area contributed by atoms with Crippen LogP contribution >= 0.6 is 11.3 Å². The molecule has 0 aromatic carbocycles. The predicted octanol–water partition coefficient (Wildman–Crippen LogP) is 2.09. The molecule has 1 fully saturated rings.